The number of nitrogens with one attached hydrogen (secondary N) is 2. The standard InChI is InChI=1S/C17H25N3O3/c1-13(12-23-2)18-17(22)20-10-8-15(9-11-20)19-16(21)14-6-4-3-5-7-14/h3-7,13,15H,8-12H2,1-2H3,(H,18,22)(H,19,21). The van der Waals surface area contributed by atoms with Gasteiger partial charge in [0.2, 0.25) is 0 Å². The van der Waals surface area contributed by atoms with Crippen LogP contribution in [0.5, 0.6) is 0 Å². The molecule has 6 nitrogen and oxygen atoms in total. The number of hydrogen-bond donors (Lipinski definition) is 2. The molecule has 1 aromatic rings. The van der Waals surface area contributed by atoms with Crippen LogP contribution in [0.25, 0.3) is 0 Å². The van der Waals surface area contributed by atoms with Crippen molar-refractivity contribution in [1.29, 1.82) is 0 Å². The summed E-state index contributed by atoms with van der Waals surface area (Å²) in [5.74, 6) is -0.0535. The van der Waals surface area contributed by atoms with Gasteiger partial charge in [0.1, 0.15) is 0 Å². The van der Waals surface area contributed by atoms with Crippen LogP contribution < -0.4 is 10.6 Å². The van der Waals surface area contributed by atoms with E-state index in [0.29, 0.717) is 25.3 Å². The molecule has 1 atom stereocenters. The fourth-order valence-corrected chi connectivity index (χ4v) is 2.68. The average Bonchev–Trinajstić information content (AvgIpc) is 2.56. The van der Waals surface area contributed by atoms with Crippen LogP contribution in [0, 0.1) is 0 Å². The van der Waals surface area contributed by atoms with Crippen molar-refractivity contribution in [1.82, 2.24) is 15.5 Å². The number of urea groups is 1. The summed E-state index contributed by atoms with van der Waals surface area (Å²) in [6.07, 6.45) is 1.54. The Balaban J connectivity index is 1.75. The van der Waals surface area contributed by atoms with Gasteiger partial charge in [-0.05, 0) is 31.9 Å². The number of benzene rings is 1. The molecular formula is C17H25N3O3. The summed E-state index contributed by atoms with van der Waals surface area (Å²) in [4.78, 5) is 26.0. The molecule has 1 unspecified atom stereocenters. The molecule has 0 aromatic heterocycles. The molecule has 0 aliphatic carbocycles. The van der Waals surface area contributed by atoms with Gasteiger partial charge in [-0.2, -0.15) is 0 Å². The Labute approximate surface area is 137 Å². The highest BCUT2D eigenvalue weighted by Crippen LogP contribution is 2.11. The van der Waals surface area contributed by atoms with E-state index in [4.69, 9.17) is 4.74 Å². The fraction of sp³-hybridized carbons (Fsp3) is 0.529. The molecule has 1 heterocycles. The molecule has 2 rings (SSSR count). The first-order valence-electron chi connectivity index (χ1n) is 8.00. The Hall–Kier alpha value is -2.08. The van der Waals surface area contributed by atoms with Crippen LogP contribution in [0.3, 0.4) is 0 Å². The number of ether oxygens (including phenoxy) is 1. The highest BCUT2D eigenvalue weighted by atomic mass is 16.5. The molecule has 1 aliphatic rings. The van der Waals surface area contributed by atoms with Gasteiger partial charge in [0, 0.05) is 31.8 Å². The van der Waals surface area contributed by atoms with Crippen molar-refractivity contribution in [3.8, 4) is 0 Å². The molecule has 1 fully saturated rings. The number of amides is 3. The molecule has 0 bridgehead atoms. The largest absolute Gasteiger partial charge is 0.383 e. The minimum atomic E-state index is -0.0672. The van der Waals surface area contributed by atoms with Crippen LogP contribution in [0.1, 0.15) is 30.1 Å². The third-order valence-corrected chi connectivity index (χ3v) is 3.94. The second kappa shape index (κ2) is 8.53. The molecule has 1 aliphatic heterocycles. The van der Waals surface area contributed by atoms with Gasteiger partial charge in [0.15, 0.2) is 0 Å². The van der Waals surface area contributed by atoms with Crippen molar-refractivity contribution in [2.45, 2.75) is 31.8 Å². The topological polar surface area (TPSA) is 70.7 Å². The second-order valence-electron chi connectivity index (χ2n) is 5.91. The number of hydrogen-bond acceptors (Lipinski definition) is 3. The predicted octanol–water partition coefficient (Wildman–Crippen LogP) is 1.63. The van der Waals surface area contributed by atoms with Gasteiger partial charge in [-0.25, -0.2) is 4.79 Å². The van der Waals surface area contributed by atoms with Crippen molar-refractivity contribution >= 4 is 11.9 Å². The van der Waals surface area contributed by atoms with Crippen LogP contribution in [-0.4, -0.2) is 55.7 Å². The summed E-state index contributed by atoms with van der Waals surface area (Å²) < 4.78 is 5.01. The van der Waals surface area contributed by atoms with Crippen LogP contribution in [0.4, 0.5) is 4.79 Å². The molecule has 0 saturated carbocycles. The van der Waals surface area contributed by atoms with Crippen molar-refractivity contribution in [3.63, 3.8) is 0 Å². The summed E-state index contributed by atoms with van der Waals surface area (Å²) >= 11 is 0. The minimum absolute atomic E-state index is 0.0111. The SMILES string of the molecule is COCC(C)NC(=O)N1CCC(NC(=O)c2ccccc2)CC1. The quantitative estimate of drug-likeness (QED) is 0.866. The summed E-state index contributed by atoms with van der Waals surface area (Å²) in [6.45, 7) is 3.69. The Bertz CT molecular complexity index is 513. The van der Waals surface area contributed by atoms with Gasteiger partial charge in [0.25, 0.3) is 5.91 Å². The van der Waals surface area contributed by atoms with Crippen LogP contribution in [0.15, 0.2) is 30.3 Å². The first kappa shape index (κ1) is 17.3. The van der Waals surface area contributed by atoms with E-state index in [0.717, 1.165) is 12.8 Å². The van der Waals surface area contributed by atoms with Gasteiger partial charge in [-0.3, -0.25) is 4.79 Å². The molecule has 6 heteroatoms. The average molecular weight is 319 g/mol. The Morgan fingerprint density at radius 1 is 1.26 bits per heavy atom. The zero-order chi connectivity index (χ0) is 16.7. The summed E-state index contributed by atoms with van der Waals surface area (Å²) in [5.41, 5.74) is 0.668. The molecule has 2 N–H and O–H groups in total. The van der Waals surface area contributed by atoms with E-state index < -0.39 is 0 Å². The number of likely N-dealkylation sites (tertiary alicyclic amines) is 1. The molecule has 23 heavy (non-hydrogen) atoms. The monoisotopic (exact) mass is 319 g/mol. The van der Waals surface area contributed by atoms with Crippen molar-refractivity contribution in [2.75, 3.05) is 26.8 Å². The van der Waals surface area contributed by atoms with Crippen molar-refractivity contribution in [2.24, 2.45) is 0 Å². The summed E-state index contributed by atoms with van der Waals surface area (Å²) in [5, 5.41) is 5.95. The predicted molar refractivity (Wildman–Crippen MR) is 88.4 cm³/mol. The normalized spacial score (nSPS) is 16.7. The maximum Gasteiger partial charge on any atom is 0.317 e. The van der Waals surface area contributed by atoms with Gasteiger partial charge in [-0.15, -0.1) is 0 Å². The van der Waals surface area contributed by atoms with E-state index in [9.17, 15) is 9.59 Å². The molecule has 1 aromatic carbocycles. The third kappa shape index (κ3) is 5.25. The van der Waals surface area contributed by atoms with E-state index in [-0.39, 0.29) is 24.0 Å². The lowest BCUT2D eigenvalue weighted by molar-refractivity contribution is 0.0916. The van der Waals surface area contributed by atoms with E-state index in [2.05, 4.69) is 10.6 Å². The van der Waals surface area contributed by atoms with E-state index in [1.165, 1.54) is 0 Å². The van der Waals surface area contributed by atoms with E-state index in [1.807, 2.05) is 25.1 Å². The highest BCUT2D eigenvalue weighted by Gasteiger charge is 2.24. The fourth-order valence-electron chi connectivity index (χ4n) is 2.68. The van der Waals surface area contributed by atoms with Gasteiger partial charge >= 0.3 is 6.03 Å². The van der Waals surface area contributed by atoms with E-state index in [1.54, 1.807) is 24.1 Å². The number of rotatable bonds is 5. The minimum Gasteiger partial charge on any atom is -0.383 e. The molecule has 0 spiro atoms. The summed E-state index contributed by atoms with van der Waals surface area (Å²) in [7, 11) is 1.61. The maximum atomic E-state index is 12.1. The van der Waals surface area contributed by atoms with Gasteiger partial charge < -0.3 is 20.3 Å². The first-order valence-corrected chi connectivity index (χ1v) is 8.00. The lowest BCUT2D eigenvalue weighted by atomic mass is 10.0. The molecule has 126 valence electrons. The van der Waals surface area contributed by atoms with Gasteiger partial charge in [-0.1, -0.05) is 18.2 Å². The zero-order valence-corrected chi connectivity index (χ0v) is 13.7. The molecule has 1 saturated heterocycles. The lowest BCUT2D eigenvalue weighted by Crippen LogP contribution is -2.51. The highest BCUT2D eigenvalue weighted by molar-refractivity contribution is 5.94. The number of nitrogens with zero attached hydrogens (tertiary/aromatic N) is 1. The zero-order valence-electron chi connectivity index (χ0n) is 13.7. The number of carbonyl (C=O) groups excluding carboxylic acids is 2. The van der Waals surface area contributed by atoms with Crippen LogP contribution in [0.2, 0.25) is 0 Å². The van der Waals surface area contributed by atoms with Gasteiger partial charge in [0.05, 0.1) is 12.6 Å². The molecular weight excluding hydrogens is 294 g/mol. The Morgan fingerprint density at radius 3 is 2.52 bits per heavy atom. The summed E-state index contributed by atoms with van der Waals surface area (Å²) in [6, 6.07) is 9.22. The van der Waals surface area contributed by atoms with Crippen LogP contribution in [-0.2, 0) is 4.74 Å². The maximum absolute atomic E-state index is 12.1. The second-order valence-corrected chi connectivity index (χ2v) is 5.91. The first-order chi connectivity index (χ1) is 11.1. The van der Waals surface area contributed by atoms with Crippen molar-refractivity contribution in [3.05, 3.63) is 35.9 Å². The Kier molecular flexibility index (Phi) is 6.40. The third-order valence-electron chi connectivity index (χ3n) is 3.94. The van der Waals surface area contributed by atoms with Crippen molar-refractivity contribution < 1.29 is 14.3 Å². The smallest absolute Gasteiger partial charge is 0.317 e. The number of carbonyl (C=O) groups is 2. The molecule has 3 amide bonds. The molecule has 0 radical (unpaired) electrons. The van der Waals surface area contributed by atoms with E-state index >= 15 is 0 Å². The van der Waals surface area contributed by atoms with Crippen LogP contribution >= 0.6 is 0 Å². The number of piperidine rings is 1. The lowest BCUT2D eigenvalue weighted by Gasteiger charge is -2.33. The number of methoxy groups -OCH3 is 1. The Morgan fingerprint density at radius 2 is 1.91 bits per heavy atom.